The van der Waals surface area contributed by atoms with Crippen molar-refractivity contribution in [3.63, 3.8) is 0 Å². The summed E-state index contributed by atoms with van der Waals surface area (Å²) >= 11 is 0. The molecule has 8 rings (SSSR count). The Labute approximate surface area is 356 Å². The molecule has 0 aliphatic carbocycles. The lowest BCUT2D eigenvalue weighted by atomic mass is 9.84. The summed E-state index contributed by atoms with van der Waals surface area (Å²) in [5.74, 6) is -0.462. The summed E-state index contributed by atoms with van der Waals surface area (Å²) in [4.78, 5) is 45.6. The van der Waals surface area contributed by atoms with Crippen LogP contribution in [-0.4, -0.2) is 45.6 Å². The molecule has 0 radical (unpaired) electrons. The zero-order chi connectivity index (χ0) is 43.3. The minimum absolute atomic E-state index is 0.115. The molecule has 8 nitrogen and oxygen atoms in total. The van der Waals surface area contributed by atoms with E-state index in [1.807, 2.05) is 97.1 Å². The van der Waals surface area contributed by atoms with Gasteiger partial charge < -0.3 is 20.4 Å². The van der Waals surface area contributed by atoms with Crippen LogP contribution in [0, 0.1) is 0 Å². The van der Waals surface area contributed by atoms with Crippen molar-refractivity contribution in [2.24, 2.45) is 0 Å². The number of rotatable bonds is 12. The lowest BCUT2D eigenvalue weighted by Crippen LogP contribution is -1.98. The minimum atomic E-state index is -0.115. The number of hydrogen-bond donors (Lipinski definition) is 4. The lowest BCUT2D eigenvalue weighted by molar-refractivity contribution is 0.111. The molecule has 8 heteroatoms. The number of phenolic OH excluding ortho intramolecular Hbond substituents is 4. The topological polar surface area (TPSA) is 149 Å². The van der Waals surface area contributed by atoms with Crippen molar-refractivity contribution in [3.8, 4) is 67.5 Å². The molecular formula is C54H36O8. The van der Waals surface area contributed by atoms with Crippen LogP contribution in [-0.2, 0) is 0 Å². The van der Waals surface area contributed by atoms with E-state index < -0.39 is 0 Å². The van der Waals surface area contributed by atoms with Crippen LogP contribution in [0.3, 0.4) is 0 Å². The molecule has 0 spiro atoms. The number of carbonyl (C=O) groups is 4. The summed E-state index contributed by atoms with van der Waals surface area (Å²) in [7, 11) is 0. The lowest BCUT2D eigenvalue weighted by Gasteiger charge is -2.20. The van der Waals surface area contributed by atoms with Crippen LogP contribution < -0.4 is 0 Å². The van der Waals surface area contributed by atoms with Crippen LogP contribution in [0.2, 0.25) is 0 Å². The van der Waals surface area contributed by atoms with E-state index in [-0.39, 0.29) is 45.3 Å². The van der Waals surface area contributed by atoms with Crippen molar-refractivity contribution in [2.45, 2.75) is 0 Å². The van der Waals surface area contributed by atoms with E-state index in [0.29, 0.717) is 25.1 Å². The van der Waals surface area contributed by atoms with Gasteiger partial charge in [0.05, 0.1) is 22.3 Å². The Bertz CT molecular complexity index is 2620. The van der Waals surface area contributed by atoms with Crippen LogP contribution in [0.15, 0.2) is 170 Å². The molecule has 0 fully saturated rings. The van der Waals surface area contributed by atoms with Crippen molar-refractivity contribution >= 4 is 36.3 Å². The maximum absolute atomic E-state index is 11.4. The normalized spacial score (nSPS) is 10.8. The minimum Gasteiger partial charge on any atom is -0.507 e. The first kappa shape index (κ1) is 40.2. The first-order valence-electron chi connectivity index (χ1n) is 19.5. The Balaban J connectivity index is 1.32. The molecule has 8 aromatic carbocycles. The number of aromatic hydroxyl groups is 4. The summed E-state index contributed by atoms with van der Waals surface area (Å²) < 4.78 is 0. The smallest absolute Gasteiger partial charge is 0.153 e. The number of hydrogen-bond acceptors (Lipinski definition) is 8. The van der Waals surface area contributed by atoms with Crippen molar-refractivity contribution in [2.75, 3.05) is 0 Å². The van der Waals surface area contributed by atoms with E-state index in [1.165, 1.54) is 0 Å². The summed E-state index contributed by atoms with van der Waals surface area (Å²) in [5.41, 5.74) is 12.1. The van der Waals surface area contributed by atoms with Gasteiger partial charge in [-0.05, 0) is 126 Å². The summed E-state index contributed by atoms with van der Waals surface area (Å²) in [6.07, 6.45) is 2.42. The molecular weight excluding hydrogens is 777 g/mol. The molecule has 0 aromatic heterocycles. The number of phenols is 4. The van der Waals surface area contributed by atoms with Gasteiger partial charge in [-0.15, -0.1) is 0 Å². The molecule has 0 aliphatic rings. The molecule has 62 heavy (non-hydrogen) atoms. The van der Waals surface area contributed by atoms with Crippen molar-refractivity contribution in [1.82, 2.24) is 0 Å². The Morgan fingerprint density at radius 3 is 0.597 bits per heavy atom. The Hall–Kier alpha value is -8.62. The van der Waals surface area contributed by atoms with Gasteiger partial charge in [-0.25, -0.2) is 0 Å². The maximum Gasteiger partial charge on any atom is 0.153 e. The second-order valence-electron chi connectivity index (χ2n) is 14.6. The monoisotopic (exact) mass is 812 g/mol. The van der Waals surface area contributed by atoms with E-state index in [2.05, 4.69) is 0 Å². The van der Waals surface area contributed by atoms with Crippen LogP contribution in [0.1, 0.15) is 63.7 Å². The van der Waals surface area contributed by atoms with Crippen molar-refractivity contribution in [3.05, 3.63) is 214 Å². The zero-order valence-electron chi connectivity index (χ0n) is 32.9. The van der Waals surface area contributed by atoms with Gasteiger partial charge in [0.2, 0.25) is 0 Å². The van der Waals surface area contributed by atoms with Gasteiger partial charge >= 0.3 is 0 Å². The SMILES string of the molecule is O=Cc1ccc(-c2ccc(C(=C(c3ccc(-c4ccc(C=O)c(O)c4)cc3)c3ccc(-c4ccc(C=O)c(O)c4)cc3)c3ccc(-c4ccc(C=O)c(O)c4)cc3)cc2)cc1O. The maximum atomic E-state index is 11.4. The van der Waals surface area contributed by atoms with Crippen molar-refractivity contribution in [1.29, 1.82) is 0 Å². The predicted molar refractivity (Wildman–Crippen MR) is 241 cm³/mol. The fourth-order valence-electron chi connectivity index (χ4n) is 7.52. The van der Waals surface area contributed by atoms with E-state index in [4.69, 9.17) is 0 Å². The van der Waals surface area contributed by atoms with E-state index in [9.17, 15) is 39.6 Å². The highest BCUT2D eigenvalue weighted by molar-refractivity contribution is 6.05. The van der Waals surface area contributed by atoms with E-state index in [1.54, 1.807) is 72.8 Å². The highest BCUT2D eigenvalue weighted by Crippen LogP contribution is 2.40. The molecule has 4 N–H and O–H groups in total. The summed E-state index contributed by atoms with van der Waals surface area (Å²) in [6.45, 7) is 0. The largest absolute Gasteiger partial charge is 0.507 e. The third-order valence-corrected chi connectivity index (χ3v) is 10.9. The molecule has 0 unspecified atom stereocenters. The quantitative estimate of drug-likeness (QED) is 0.0703. The van der Waals surface area contributed by atoms with Crippen LogP contribution in [0.4, 0.5) is 0 Å². The molecule has 0 saturated carbocycles. The number of aldehydes is 4. The molecule has 0 amide bonds. The Morgan fingerprint density at radius 1 is 0.258 bits per heavy atom. The van der Waals surface area contributed by atoms with Crippen molar-refractivity contribution < 1.29 is 39.6 Å². The van der Waals surface area contributed by atoms with E-state index >= 15 is 0 Å². The van der Waals surface area contributed by atoms with Gasteiger partial charge in [0.1, 0.15) is 23.0 Å². The predicted octanol–water partition coefficient (Wildman–Crippen LogP) is 11.4. The summed E-state index contributed by atoms with van der Waals surface area (Å²) in [5, 5.41) is 41.8. The molecule has 300 valence electrons. The van der Waals surface area contributed by atoms with Gasteiger partial charge in [-0.2, -0.15) is 0 Å². The second kappa shape index (κ2) is 17.3. The number of carbonyl (C=O) groups excluding carboxylic acids is 4. The third kappa shape index (κ3) is 8.04. The molecule has 0 atom stereocenters. The molecule has 0 heterocycles. The summed E-state index contributed by atoms with van der Waals surface area (Å²) in [6, 6.07) is 51.2. The van der Waals surface area contributed by atoms with Gasteiger partial charge in [-0.1, -0.05) is 121 Å². The average molecular weight is 813 g/mol. The van der Waals surface area contributed by atoms with Crippen LogP contribution in [0.5, 0.6) is 23.0 Å². The first-order chi connectivity index (χ1) is 30.2. The fourth-order valence-corrected chi connectivity index (χ4v) is 7.52. The molecule has 8 aromatic rings. The zero-order valence-corrected chi connectivity index (χ0v) is 32.9. The highest BCUT2D eigenvalue weighted by atomic mass is 16.3. The highest BCUT2D eigenvalue weighted by Gasteiger charge is 2.19. The van der Waals surface area contributed by atoms with Gasteiger partial charge in [0, 0.05) is 0 Å². The molecule has 0 bridgehead atoms. The number of benzene rings is 8. The van der Waals surface area contributed by atoms with Gasteiger partial charge in [-0.3, -0.25) is 19.2 Å². The second-order valence-corrected chi connectivity index (χ2v) is 14.6. The Kier molecular flexibility index (Phi) is 11.2. The molecule has 0 aliphatic heterocycles. The van der Waals surface area contributed by atoms with Crippen LogP contribution in [0.25, 0.3) is 55.7 Å². The fraction of sp³-hybridized carbons (Fsp3) is 0. The van der Waals surface area contributed by atoms with Gasteiger partial charge in [0.25, 0.3) is 0 Å². The van der Waals surface area contributed by atoms with Crippen LogP contribution >= 0.6 is 0 Å². The third-order valence-electron chi connectivity index (χ3n) is 10.9. The van der Waals surface area contributed by atoms with E-state index in [0.717, 1.165) is 77.9 Å². The standard InChI is InChI=1S/C54H36O8/c55-29-45-21-17-41(25-49(45)59)33-1-9-37(10-2-33)53(38-11-3-34(4-12-38)42-18-22-46(30-56)50(60)26-42)54(39-13-5-35(6-14-39)43-19-23-47(31-57)51(61)27-43)40-15-7-36(8-16-40)44-20-24-48(32-58)52(62)28-44/h1-32,59-62H. The van der Waals surface area contributed by atoms with Gasteiger partial charge in [0.15, 0.2) is 25.1 Å². The first-order valence-corrected chi connectivity index (χ1v) is 19.5. The Morgan fingerprint density at radius 2 is 0.435 bits per heavy atom. The molecule has 0 saturated heterocycles. The average Bonchev–Trinajstić information content (AvgIpc) is 3.31.